The quantitative estimate of drug-likeness (QED) is 0.417. The van der Waals surface area contributed by atoms with Crippen molar-refractivity contribution in [3.63, 3.8) is 0 Å². The molecule has 0 amide bonds. The summed E-state index contributed by atoms with van der Waals surface area (Å²) >= 11 is -1.89. The van der Waals surface area contributed by atoms with Crippen LogP contribution in [0.15, 0.2) is 104 Å². The van der Waals surface area contributed by atoms with Crippen LogP contribution >= 0.6 is 0 Å². The van der Waals surface area contributed by atoms with Crippen LogP contribution in [0.25, 0.3) is 0 Å². The smallest absolute Gasteiger partial charge is 1.00 e. The molecule has 0 nitrogen and oxygen atoms in total. The summed E-state index contributed by atoms with van der Waals surface area (Å²) in [5.74, 6) is 0. The molecule has 0 unspecified atom stereocenters. The van der Waals surface area contributed by atoms with Gasteiger partial charge in [-0.05, 0) is 0 Å². The summed E-state index contributed by atoms with van der Waals surface area (Å²) < 4.78 is 5.09. The number of benzene rings is 2. The van der Waals surface area contributed by atoms with Gasteiger partial charge in [0.1, 0.15) is 0 Å². The molecule has 2 aromatic rings. The SMILES string of the molecule is CCCCC1=CC[C]([Ti+2]([C]2=CC(CCCC)=CC2)=[C](c2ccccc2)c2ccccc2)=C1.[Cl-].[Cl-]. The molecule has 0 aliphatic heterocycles. The number of hydrogen-bond donors (Lipinski definition) is 0. The second-order valence-electron chi connectivity index (χ2n) is 8.99. The zero-order chi connectivity index (χ0) is 22.2. The summed E-state index contributed by atoms with van der Waals surface area (Å²) in [7, 11) is 0. The van der Waals surface area contributed by atoms with Gasteiger partial charge in [0.2, 0.25) is 0 Å². The Balaban J connectivity index is 0.00000204. The average Bonchev–Trinajstić information content (AvgIpc) is 3.51. The summed E-state index contributed by atoms with van der Waals surface area (Å²) in [4.78, 5) is 0. The molecule has 34 heavy (non-hydrogen) atoms. The van der Waals surface area contributed by atoms with E-state index in [0.29, 0.717) is 0 Å². The van der Waals surface area contributed by atoms with Crippen molar-refractivity contribution >= 4 is 3.81 Å². The van der Waals surface area contributed by atoms with E-state index in [1.807, 2.05) is 0 Å². The van der Waals surface area contributed by atoms with E-state index in [4.69, 9.17) is 0 Å². The Bertz CT molecular complexity index is 987. The average molecular weight is 527 g/mol. The van der Waals surface area contributed by atoms with Gasteiger partial charge in [0.15, 0.2) is 0 Å². The Morgan fingerprint density at radius 3 is 1.44 bits per heavy atom. The summed E-state index contributed by atoms with van der Waals surface area (Å²) in [6.45, 7) is 4.59. The largest absolute Gasteiger partial charge is 1.00 e. The third-order valence-electron chi connectivity index (χ3n) is 6.54. The molecule has 2 aliphatic rings. The maximum Gasteiger partial charge on any atom is -1.00 e. The molecule has 0 heterocycles. The Morgan fingerprint density at radius 1 is 0.647 bits per heavy atom. The van der Waals surface area contributed by atoms with Gasteiger partial charge in [-0.25, -0.2) is 0 Å². The van der Waals surface area contributed by atoms with E-state index in [2.05, 4.69) is 98.8 Å². The topological polar surface area (TPSA) is 0 Å². The first-order valence-corrected chi connectivity index (χ1v) is 14.8. The molecule has 2 aliphatic carbocycles. The van der Waals surface area contributed by atoms with Crippen LogP contribution in [0.4, 0.5) is 0 Å². The number of hydrogen-bond acceptors (Lipinski definition) is 0. The molecule has 3 heteroatoms. The number of halogens is 2. The summed E-state index contributed by atoms with van der Waals surface area (Å²) in [6, 6.07) is 22.4. The van der Waals surface area contributed by atoms with E-state index in [1.54, 1.807) is 22.7 Å². The Kier molecular flexibility index (Phi) is 12.6. The fourth-order valence-electron chi connectivity index (χ4n) is 4.82. The van der Waals surface area contributed by atoms with Gasteiger partial charge >= 0.3 is 201 Å². The first-order valence-electron chi connectivity index (χ1n) is 12.4. The molecule has 0 radical (unpaired) electrons. The fraction of sp³-hybridized carbons (Fsp3) is 0.323. The van der Waals surface area contributed by atoms with Crippen molar-refractivity contribution in [3.05, 3.63) is 115 Å². The van der Waals surface area contributed by atoms with Gasteiger partial charge in [-0.2, -0.15) is 0 Å². The third kappa shape index (κ3) is 7.28. The summed E-state index contributed by atoms with van der Waals surface area (Å²) in [6.07, 6.45) is 20.1. The minimum atomic E-state index is -1.89. The van der Waals surface area contributed by atoms with Gasteiger partial charge in [0, 0.05) is 0 Å². The van der Waals surface area contributed by atoms with Crippen molar-refractivity contribution in [2.75, 3.05) is 0 Å². The molecule has 0 fully saturated rings. The van der Waals surface area contributed by atoms with Gasteiger partial charge in [-0.3, -0.25) is 0 Å². The third-order valence-corrected chi connectivity index (χ3v) is 11.3. The number of unbranched alkanes of at least 4 members (excludes halogenated alkanes) is 2. The van der Waals surface area contributed by atoms with Crippen LogP contribution in [0.3, 0.4) is 0 Å². The molecule has 0 N–H and O–H groups in total. The van der Waals surface area contributed by atoms with Gasteiger partial charge in [-0.15, -0.1) is 0 Å². The van der Waals surface area contributed by atoms with Crippen LogP contribution < -0.4 is 24.8 Å². The Labute approximate surface area is 225 Å². The van der Waals surface area contributed by atoms with Crippen LogP contribution in [0.2, 0.25) is 0 Å². The molecule has 0 saturated carbocycles. The molecular formula is C31H36Cl2Ti. The molecular weight excluding hydrogens is 491 g/mol. The molecule has 0 bridgehead atoms. The second kappa shape index (κ2) is 14.8. The van der Waals surface area contributed by atoms with E-state index >= 15 is 0 Å². The van der Waals surface area contributed by atoms with E-state index in [9.17, 15) is 0 Å². The molecule has 0 spiro atoms. The zero-order valence-corrected chi connectivity index (χ0v) is 23.6. The van der Waals surface area contributed by atoms with Gasteiger partial charge in [0.05, 0.1) is 0 Å². The van der Waals surface area contributed by atoms with Crippen LogP contribution in [0, 0.1) is 0 Å². The molecule has 0 atom stereocenters. The maximum atomic E-state index is 2.60. The van der Waals surface area contributed by atoms with Crippen molar-refractivity contribution in [1.82, 2.24) is 0 Å². The summed E-state index contributed by atoms with van der Waals surface area (Å²) in [5.41, 5.74) is 5.98. The van der Waals surface area contributed by atoms with E-state index in [0.717, 1.165) is 12.8 Å². The van der Waals surface area contributed by atoms with E-state index in [1.165, 1.54) is 49.7 Å². The normalized spacial score (nSPS) is 14.0. The predicted octanol–water partition coefficient (Wildman–Crippen LogP) is 2.69. The van der Waals surface area contributed by atoms with Gasteiger partial charge < -0.3 is 24.8 Å². The van der Waals surface area contributed by atoms with E-state index < -0.39 is 17.4 Å². The first-order chi connectivity index (χ1) is 15.8. The van der Waals surface area contributed by atoms with Crippen LogP contribution in [0.5, 0.6) is 0 Å². The predicted molar refractivity (Wildman–Crippen MR) is 137 cm³/mol. The van der Waals surface area contributed by atoms with Crippen molar-refractivity contribution in [2.24, 2.45) is 0 Å². The molecule has 2 aromatic carbocycles. The van der Waals surface area contributed by atoms with Crippen molar-refractivity contribution in [1.29, 1.82) is 0 Å². The molecule has 0 aromatic heterocycles. The number of rotatable bonds is 10. The van der Waals surface area contributed by atoms with Crippen molar-refractivity contribution in [2.45, 2.75) is 65.2 Å². The van der Waals surface area contributed by atoms with Gasteiger partial charge in [0.25, 0.3) is 0 Å². The van der Waals surface area contributed by atoms with Crippen LogP contribution in [-0.4, -0.2) is 3.81 Å². The summed E-state index contributed by atoms with van der Waals surface area (Å²) in [5, 5.41) is 0. The number of allylic oxidation sites excluding steroid dienone is 8. The molecule has 0 saturated heterocycles. The first kappa shape index (κ1) is 28.8. The van der Waals surface area contributed by atoms with Crippen LogP contribution in [0.1, 0.15) is 76.3 Å². The minimum Gasteiger partial charge on any atom is -1.00 e. The standard InChI is InChI=1S/C13H10.2C9H13.2ClH.Ti/c1-3-7-12(8-4-1)11-13-9-5-2-6-10-13;2*1-2-3-6-9-7-4-5-8-9;;;/h1-10H;2*7-8H,2-4,6H2,1H3;2*1H;/q;;;;;+2/p-2. The zero-order valence-electron chi connectivity index (χ0n) is 20.5. The second-order valence-corrected chi connectivity index (χ2v) is 13.0. The Hall–Kier alpha value is -1.44. The molecule has 178 valence electrons. The van der Waals surface area contributed by atoms with Crippen LogP contribution in [-0.2, 0) is 17.4 Å². The monoisotopic (exact) mass is 526 g/mol. The van der Waals surface area contributed by atoms with Gasteiger partial charge in [-0.1, -0.05) is 0 Å². The minimum absolute atomic E-state index is 0. The fourth-order valence-corrected chi connectivity index (χ4v) is 9.87. The molecule has 4 rings (SSSR count). The van der Waals surface area contributed by atoms with E-state index in [-0.39, 0.29) is 24.8 Å². The Morgan fingerprint density at radius 2 is 1.06 bits per heavy atom. The van der Waals surface area contributed by atoms with Crippen molar-refractivity contribution < 1.29 is 42.2 Å². The maximum absolute atomic E-state index is 2.60. The van der Waals surface area contributed by atoms with Crippen molar-refractivity contribution in [3.8, 4) is 0 Å².